The monoisotopic (exact) mass is 357 g/mol. The number of hydrogen-bond donors (Lipinski definition) is 2. The van der Waals surface area contributed by atoms with Crippen LogP contribution < -0.4 is 10.2 Å². The van der Waals surface area contributed by atoms with E-state index in [0.717, 1.165) is 51.9 Å². The first-order valence-electron chi connectivity index (χ1n) is 9.71. The number of amides is 1. The van der Waals surface area contributed by atoms with Crippen molar-refractivity contribution >= 4 is 17.6 Å². The molecule has 1 aromatic carbocycles. The van der Waals surface area contributed by atoms with Crippen LogP contribution in [0.25, 0.3) is 0 Å². The zero-order valence-corrected chi connectivity index (χ0v) is 15.1. The van der Waals surface area contributed by atoms with Gasteiger partial charge in [0.2, 0.25) is 5.91 Å². The maximum atomic E-state index is 11.5. The van der Waals surface area contributed by atoms with Crippen LogP contribution in [-0.4, -0.2) is 60.6 Å². The number of hydrogen-bond acceptors (Lipinski definition) is 4. The molecule has 3 aliphatic heterocycles. The molecule has 0 bridgehead atoms. The van der Waals surface area contributed by atoms with Gasteiger partial charge in [0.15, 0.2) is 0 Å². The molecule has 0 radical (unpaired) electrons. The highest BCUT2D eigenvalue weighted by Gasteiger charge is 2.32. The van der Waals surface area contributed by atoms with E-state index >= 15 is 0 Å². The van der Waals surface area contributed by atoms with Gasteiger partial charge in [-0.3, -0.25) is 14.5 Å². The zero-order valence-electron chi connectivity index (χ0n) is 15.1. The quantitative estimate of drug-likeness (QED) is 0.856. The second-order valence-electron chi connectivity index (χ2n) is 7.73. The molecule has 26 heavy (non-hydrogen) atoms. The van der Waals surface area contributed by atoms with E-state index in [1.54, 1.807) is 0 Å². The highest BCUT2D eigenvalue weighted by Crippen LogP contribution is 2.39. The lowest BCUT2D eigenvalue weighted by Crippen LogP contribution is -2.47. The summed E-state index contributed by atoms with van der Waals surface area (Å²) < 4.78 is 0. The first kappa shape index (κ1) is 17.3. The second kappa shape index (κ2) is 7.27. The van der Waals surface area contributed by atoms with Crippen molar-refractivity contribution in [3.63, 3.8) is 0 Å². The molecule has 3 heterocycles. The fraction of sp³-hybridized carbons (Fsp3) is 0.600. The van der Waals surface area contributed by atoms with Crippen LogP contribution in [0.1, 0.15) is 42.7 Å². The predicted octanol–water partition coefficient (Wildman–Crippen LogP) is 1.59. The van der Waals surface area contributed by atoms with Crippen LogP contribution in [0.3, 0.4) is 0 Å². The molecule has 2 N–H and O–H groups in total. The van der Waals surface area contributed by atoms with Crippen molar-refractivity contribution in [1.29, 1.82) is 0 Å². The van der Waals surface area contributed by atoms with Gasteiger partial charge in [-0.15, -0.1) is 0 Å². The Labute approximate surface area is 154 Å². The van der Waals surface area contributed by atoms with E-state index in [2.05, 4.69) is 28.4 Å². The lowest BCUT2D eigenvalue weighted by Gasteiger charge is -2.34. The van der Waals surface area contributed by atoms with Crippen LogP contribution in [0.2, 0.25) is 0 Å². The summed E-state index contributed by atoms with van der Waals surface area (Å²) in [6.45, 7) is 3.65. The van der Waals surface area contributed by atoms with Gasteiger partial charge in [-0.05, 0) is 61.9 Å². The number of nitrogens with one attached hydrogen (secondary N) is 1. The lowest BCUT2D eigenvalue weighted by atomic mass is 9.85. The average molecular weight is 357 g/mol. The van der Waals surface area contributed by atoms with E-state index in [1.807, 2.05) is 4.90 Å². The molecule has 140 valence electrons. The molecule has 1 amide bonds. The average Bonchev–Trinajstić information content (AvgIpc) is 3.07. The van der Waals surface area contributed by atoms with E-state index in [0.29, 0.717) is 18.4 Å². The summed E-state index contributed by atoms with van der Waals surface area (Å²) in [5.74, 6) is -0.0391. The minimum atomic E-state index is -0.737. The molecule has 1 aromatic rings. The molecule has 0 unspecified atom stereocenters. The molecule has 2 saturated heterocycles. The number of benzene rings is 1. The number of carbonyl (C=O) groups is 2. The Morgan fingerprint density at radius 1 is 1.15 bits per heavy atom. The Hall–Kier alpha value is -2.08. The van der Waals surface area contributed by atoms with Gasteiger partial charge in [0, 0.05) is 31.2 Å². The van der Waals surface area contributed by atoms with Crippen molar-refractivity contribution < 1.29 is 14.7 Å². The van der Waals surface area contributed by atoms with Crippen LogP contribution in [-0.2, 0) is 16.0 Å². The maximum absolute atomic E-state index is 11.5. The number of aliphatic carboxylic acids is 1. The third-order valence-corrected chi connectivity index (χ3v) is 6.17. The van der Waals surface area contributed by atoms with Gasteiger partial charge in [0.25, 0.3) is 0 Å². The van der Waals surface area contributed by atoms with E-state index in [-0.39, 0.29) is 12.5 Å². The predicted molar refractivity (Wildman–Crippen MR) is 99.6 cm³/mol. The van der Waals surface area contributed by atoms with Crippen LogP contribution in [0.5, 0.6) is 0 Å². The number of carboxylic acid groups (broad SMARTS) is 1. The normalized spacial score (nSPS) is 24.4. The zero-order chi connectivity index (χ0) is 18.1. The fourth-order valence-electron chi connectivity index (χ4n) is 4.83. The minimum Gasteiger partial charge on any atom is -0.480 e. The van der Waals surface area contributed by atoms with E-state index in [9.17, 15) is 9.59 Å². The number of carbonyl (C=O) groups excluding carboxylic acids is 1. The highest BCUT2D eigenvalue weighted by molar-refractivity contribution is 5.77. The van der Waals surface area contributed by atoms with Crippen LogP contribution >= 0.6 is 0 Å². The van der Waals surface area contributed by atoms with Crippen LogP contribution in [0.4, 0.5) is 5.69 Å². The van der Waals surface area contributed by atoms with Crippen molar-refractivity contribution in [2.24, 2.45) is 0 Å². The van der Waals surface area contributed by atoms with Gasteiger partial charge >= 0.3 is 5.97 Å². The maximum Gasteiger partial charge on any atom is 0.317 e. The topological polar surface area (TPSA) is 72.9 Å². The summed E-state index contributed by atoms with van der Waals surface area (Å²) in [6, 6.07) is 7.06. The molecule has 2 fully saturated rings. The number of anilines is 1. The van der Waals surface area contributed by atoms with Crippen molar-refractivity contribution in [3.05, 3.63) is 29.3 Å². The van der Waals surface area contributed by atoms with Crippen molar-refractivity contribution in [2.45, 2.75) is 44.1 Å². The Bertz CT molecular complexity index is 688. The summed E-state index contributed by atoms with van der Waals surface area (Å²) in [7, 11) is 0. The van der Waals surface area contributed by atoms with Gasteiger partial charge in [0.1, 0.15) is 0 Å². The van der Waals surface area contributed by atoms with Crippen molar-refractivity contribution in [2.75, 3.05) is 37.6 Å². The third kappa shape index (κ3) is 3.43. The number of carboxylic acids is 1. The molecule has 6 nitrogen and oxygen atoms in total. The lowest BCUT2D eigenvalue weighted by molar-refractivity contribution is -0.138. The summed E-state index contributed by atoms with van der Waals surface area (Å²) in [4.78, 5) is 26.9. The number of piperidine rings is 2. The molecule has 0 aliphatic carbocycles. The molecular formula is C20H27N3O3. The van der Waals surface area contributed by atoms with E-state index in [4.69, 9.17) is 5.11 Å². The standard InChI is InChI=1S/C20H27N3O3/c24-19-5-4-15(12-21-19)23-11-8-17-16(2-1-3-18(17)23)14-6-9-22(10-7-14)13-20(25)26/h1-3,14-15H,4-13H2,(H,21,24)(H,25,26)/t15-/m1/s1. The number of nitrogens with zero attached hydrogens (tertiary/aromatic N) is 2. The van der Waals surface area contributed by atoms with E-state index < -0.39 is 5.97 Å². The number of likely N-dealkylation sites (tertiary alicyclic amines) is 1. The second-order valence-corrected chi connectivity index (χ2v) is 7.73. The van der Waals surface area contributed by atoms with Gasteiger partial charge < -0.3 is 15.3 Å². The van der Waals surface area contributed by atoms with Crippen LogP contribution in [0.15, 0.2) is 18.2 Å². The van der Waals surface area contributed by atoms with Gasteiger partial charge in [-0.25, -0.2) is 0 Å². The van der Waals surface area contributed by atoms with Gasteiger partial charge in [0.05, 0.1) is 6.54 Å². The van der Waals surface area contributed by atoms with Crippen molar-refractivity contribution in [1.82, 2.24) is 10.2 Å². The summed E-state index contributed by atoms with van der Waals surface area (Å²) in [6.07, 6.45) is 4.69. The Morgan fingerprint density at radius 2 is 1.96 bits per heavy atom. The highest BCUT2D eigenvalue weighted by atomic mass is 16.4. The van der Waals surface area contributed by atoms with Gasteiger partial charge in [-0.2, -0.15) is 0 Å². The van der Waals surface area contributed by atoms with Gasteiger partial charge in [-0.1, -0.05) is 12.1 Å². The Kier molecular flexibility index (Phi) is 4.85. The summed E-state index contributed by atoms with van der Waals surface area (Å²) in [5.41, 5.74) is 4.28. The first-order valence-corrected chi connectivity index (χ1v) is 9.71. The molecule has 4 rings (SSSR count). The smallest absolute Gasteiger partial charge is 0.317 e. The first-order chi connectivity index (χ1) is 12.6. The molecule has 1 atom stereocenters. The van der Waals surface area contributed by atoms with E-state index in [1.165, 1.54) is 16.8 Å². The summed E-state index contributed by atoms with van der Waals surface area (Å²) in [5, 5.41) is 12.0. The van der Waals surface area contributed by atoms with Crippen LogP contribution in [0, 0.1) is 0 Å². The third-order valence-electron chi connectivity index (χ3n) is 6.17. The number of rotatable bonds is 4. The number of fused-ring (bicyclic) bond motifs is 1. The molecule has 0 spiro atoms. The van der Waals surface area contributed by atoms with Crippen molar-refractivity contribution in [3.8, 4) is 0 Å². The molecular weight excluding hydrogens is 330 g/mol. The molecule has 6 heteroatoms. The Balaban J connectivity index is 1.47. The molecule has 3 aliphatic rings. The molecule has 0 saturated carbocycles. The Morgan fingerprint density at radius 3 is 2.65 bits per heavy atom. The molecule has 0 aromatic heterocycles. The summed E-state index contributed by atoms with van der Waals surface area (Å²) >= 11 is 0. The minimum absolute atomic E-state index is 0.154. The largest absolute Gasteiger partial charge is 0.480 e. The fourth-order valence-corrected chi connectivity index (χ4v) is 4.83. The SMILES string of the molecule is O=C(O)CN1CCC(c2cccc3c2CCN3[C@@H]2CCC(=O)NC2)CC1.